The first-order chi connectivity index (χ1) is 12.3. The van der Waals surface area contributed by atoms with Gasteiger partial charge in [0.1, 0.15) is 0 Å². The molecule has 0 radical (unpaired) electrons. The largest absolute Gasteiger partial charge is 0.478 e. The molecule has 3 nitrogen and oxygen atoms in total. The summed E-state index contributed by atoms with van der Waals surface area (Å²) < 4.78 is 0. The third-order valence-electron chi connectivity index (χ3n) is 8.72. The van der Waals surface area contributed by atoms with Gasteiger partial charge in [-0.15, -0.1) is 0 Å². The molecule has 0 aromatic carbocycles. The molecule has 0 unspecified atom stereocenters. The number of carbonyl (C=O) groups is 2. The Morgan fingerprint density at radius 2 is 1.81 bits per heavy atom. The molecule has 5 atom stereocenters. The topological polar surface area (TPSA) is 54.4 Å². The first-order valence-corrected chi connectivity index (χ1v) is 10.5. The number of carboxylic acid groups (broad SMARTS) is 1. The Kier molecular flexibility index (Phi) is 4.20. The van der Waals surface area contributed by atoms with Crippen LogP contribution < -0.4 is 0 Å². The minimum absolute atomic E-state index is 0.0764. The lowest BCUT2D eigenvalue weighted by Crippen LogP contribution is -2.49. The van der Waals surface area contributed by atoms with Crippen molar-refractivity contribution in [3.8, 4) is 0 Å². The Balaban J connectivity index is 1.70. The second kappa shape index (κ2) is 6.07. The predicted octanol–water partition coefficient (Wildman–Crippen LogP) is 5.31. The van der Waals surface area contributed by atoms with E-state index in [1.54, 1.807) is 0 Å². The third-order valence-corrected chi connectivity index (χ3v) is 8.72. The summed E-state index contributed by atoms with van der Waals surface area (Å²) in [6.45, 7) is 6.74. The zero-order valence-electron chi connectivity index (χ0n) is 16.4. The number of rotatable bonds is 2. The molecule has 0 aromatic rings. The fourth-order valence-electron chi connectivity index (χ4n) is 7.36. The van der Waals surface area contributed by atoms with E-state index in [4.69, 9.17) is 0 Å². The molecule has 0 heterocycles. The third kappa shape index (κ3) is 2.38. The van der Waals surface area contributed by atoms with Crippen LogP contribution in [0.4, 0.5) is 0 Å². The van der Waals surface area contributed by atoms with E-state index in [-0.39, 0.29) is 10.8 Å². The molecule has 0 amide bonds. The maximum Gasteiger partial charge on any atom is 0.331 e. The van der Waals surface area contributed by atoms with Crippen LogP contribution >= 0.6 is 0 Å². The molecule has 4 aliphatic rings. The summed E-state index contributed by atoms with van der Waals surface area (Å²) in [6.07, 6.45) is 11.0. The summed E-state index contributed by atoms with van der Waals surface area (Å²) in [5.74, 6) is 1.58. The summed E-state index contributed by atoms with van der Waals surface area (Å²) in [5, 5.41) is 9.69. The molecule has 1 N–H and O–H groups in total. The van der Waals surface area contributed by atoms with E-state index in [2.05, 4.69) is 13.8 Å². The lowest BCUT2D eigenvalue weighted by Gasteiger charge is -2.57. The molecule has 4 aliphatic carbocycles. The van der Waals surface area contributed by atoms with Crippen molar-refractivity contribution in [2.24, 2.45) is 28.6 Å². The van der Waals surface area contributed by atoms with Gasteiger partial charge in [-0.25, -0.2) is 4.79 Å². The van der Waals surface area contributed by atoms with Gasteiger partial charge >= 0.3 is 5.97 Å². The maximum absolute atomic E-state index is 11.9. The Labute approximate surface area is 156 Å². The molecule has 0 aromatic heterocycles. The zero-order chi connectivity index (χ0) is 18.7. The van der Waals surface area contributed by atoms with Crippen molar-refractivity contribution >= 4 is 11.8 Å². The van der Waals surface area contributed by atoms with Crippen LogP contribution in [0.5, 0.6) is 0 Å². The highest BCUT2D eigenvalue weighted by molar-refractivity contribution is 5.91. The number of fused-ring (bicyclic) bond motifs is 5. The van der Waals surface area contributed by atoms with E-state index < -0.39 is 5.97 Å². The first-order valence-electron chi connectivity index (χ1n) is 10.5. The van der Waals surface area contributed by atoms with Gasteiger partial charge in [0.25, 0.3) is 0 Å². The quantitative estimate of drug-likeness (QED) is 0.682. The fraction of sp³-hybridized carbons (Fsp3) is 0.739. The molecule has 0 aliphatic heterocycles. The van der Waals surface area contributed by atoms with Crippen LogP contribution in [0.25, 0.3) is 0 Å². The number of hydrogen-bond acceptors (Lipinski definition) is 2. The number of allylic oxidation sites excluding steroid dienone is 2. The van der Waals surface area contributed by atoms with Crippen LogP contribution in [0.1, 0.15) is 78.6 Å². The van der Waals surface area contributed by atoms with Gasteiger partial charge in [0.05, 0.1) is 0 Å². The van der Waals surface area contributed by atoms with Crippen molar-refractivity contribution in [2.45, 2.75) is 78.6 Å². The van der Waals surface area contributed by atoms with Crippen molar-refractivity contribution in [3.63, 3.8) is 0 Å². The molecule has 26 heavy (non-hydrogen) atoms. The summed E-state index contributed by atoms with van der Waals surface area (Å²) in [6, 6.07) is 0. The minimum Gasteiger partial charge on any atom is -0.478 e. The van der Waals surface area contributed by atoms with E-state index in [0.717, 1.165) is 32.1 Å². The van der Waals surface area contributed by atoms with Crippen molar-refractivity contribution in [1.82, 2.24) is 0 Å². The van der Waals surface area contributed by atoms with Crippen molar-refractivity contribution in [3.05, 3.63) is 22.8 Å². The summed E-state index contributed by atoms with van der Waals surface area (Å²) >= 11 is 0. The summed E-state index contributed by atoms with van der Waals surface area (Å²) in [5.41, 5.74) is 3.62. The number of hydrogen-bond donors (Lipinski definition) is 1. The molecule has 0 spiro atoms. The van der Waals surface area contributed by atoms with Gasteiger partial charge in [-0.3, -0.25) is 4.79 Å². The van der Waals surface area contributed by atoms with Crippen LogP contribution in [-0.2, 0) is 9.59 Å². The average Bonchev–Trinajstić information content (AvgIpc) is 2.93. The molecular weight excluding hydrogens is 324 g/mol. The SMILES string of the molecule is CCC(C(=O)O)=C1CC[C@H]2[C@@H]3CCC4=CC(=O)CC[C@]4(C)[C@H]3CC[C@]12C. The van der Waals surface area contributed by atoms with Gasteiger partial charge in [0.15, 0.2) is 5.78 Å². The molecule has 142 valence electrons. The molecule has 3 fully saturated rings. The molecule has 4 rings (SSSR count). The number of ketones is 1. The van der Waals surface area contributed by atoms with Gasteiger partial charge in [-0.05, 0) is 86.0 Å². The molecule has 0 bridgehead atoms. The Morgan fingerprint density at radius 1 is 1.08 bits per heavy atom. The molecule has 0 saturated heterocycles. The van der Waals surface area contributed by atoms with Crippen LogP contribution in [0.2, 0.25) is 0 Å². The van der Waals surface area contributed by atoms with Gasteiger partial charge < -0.3 is 5.11 Å². The van der Waals surface area contributed by atoms with Crippen LogP contribution in [0, 0.1) is 28.6 Å². The normalized spacial score (nSPS) is 43.9. The first kappa shape index (κ1) is 18.0. The van der Waals surface area contributed by atoms with Crippen LogP contribution in [-0.4, -0.2) is 16.9 Å². The highest BCUT2D eigenvalue weighted by atomic mass is 16.4. The van der Waals surface area contributed by atoms with Gasteiger partial charge in [-0.2, -0.15) is 0 Å². The summed E-state index contributed by atoms with van der Waals surface area (Å²) in [4.78, 5) is 23.7. The fourth-order valence-corrected chi connectivity index (χ4v) is 7.36. The van der Waals surface area contributed by atoms with Gasteiger partial charge in [0.2, 0.25) is 0 Å². The highest BCUT2D eigenvalue weighted by Gasteiger charge is 2.58. The Bertz CT molecular complexity index is 715. The lowest BCUT2D eigenvalue weighted by atomic mass is 9.47. The van der Waals surface area contributed by atoms with E-state index in [0.29, 0.717) is 42.0 Å². The van der Waals surface area contributed by atoms with Crippen LogP contribution in [0.15, 0.2) is 22.8 Å². The van der Waals surface area contributed by atoms with Crippen molar-refractivity contribution < 1.29 is 14.7 Å². The van der Waals surface area contributed by atoms with E-state index in [9.17, 15) is 14.7 Å². The second-order valence-corrected chi connectivity index (χ2v) is 9.58. The molecule has 3 heteroatoms. The number of carboxylic acids is 1. The van der Waals surface area contributed by atoms with Crippen LogP contribution in [0.3, 0.4) is 0 Å². The standard InChI is InChI=1S/C23H32O3/c1-4-16(21(25)26)18-7-8-19-17-6-5-14-13-15(24)9-11-22(14,2)20(17)10-12-23(18,19)3/h13,17,19-20H,4-12H2,1-3H3,(H,25,26)/t17-,19-,20-,22-,23+/m0/s1. The average molecular weight is 357 g/mol. The maximum atomic E-state index is 11.9. The van der Waals surface area contributed by atoms with Crippen molar-refractivity contribution in [1.29, 1.82) is 0 Å². The van der Waals surface area contributed by atoms with E-state index >= 15 is 0 Å². The Hall–Kier alpha value is -1.38. The monoisotopic (exact) mass is 356 g/mol. The zero-order valence-corrected chi connectivity index (χ0v) is 16.4. The van der Waals surface area contributed by atoms with E-state index in [1.807, 2.05) is 13.0 Å². The highest BCUT2D eigenvalue weighted by Crippen LogP contribution is 2.66. The molecule has 3 saturated carbocycles. The van der Waals surface area contributed by atoms with Gasteiger partial charge in [-0.1, -0.05) is 31.9 Å². The molecular formula is C23H32O3. The lowest BCUT2D eigenvalue weighted by molar-refractivity contribution is -0.133. The predicted molar refractivity (Wildman–Crippen MR) is 102 cm³/mol. The summed E-state index contributed by atoms with van der Waals surface area (Å²) in [7, 11) is 0. The number of aliphatic carboxylic acids is 1. The van der Waals surface area contributed by atoms with Gasteiger partial charge in [0, 0.05) is 12.0 Å². The number of carbonyl (C=O) groups excluding carboxylic acids is 1. The second-order valence-electron chi connectivity index (χ2n) is 9.58. The smallest absolute Gasteiger partial charge is 0.331 e. The van der Waals surface area contributed by atoms with E-state index in [1.165, 1.54) is 24.0 Å². The minimum atomic E-state index is -0.710. The Morgan fingerprint density at radius 3 is 2.50 bits per heavy atom. The van der Waals surface area contributed by atoms with Crippen molar-refractivity contribution in [2.75, 3.05) is 0 Å².